The summed E-state index contributed by atoms with van der Waals surface area (Å²) in [6.45, 7) is 1.84. The van der Waals surface area contributed by atoms with Crippen molar-refractivity contribution in [2.45, 2.75) is 6.92 Å². The van der Waals surface area contributed by atoms with E-state index in [1.54, 1.807) is 18.2 Å². The molecule has 1 heterocycles. The number of benzene rings is 2. The zero-order valence-electron chi connectivity index (χ0n) is 12.9. The number of hydrazine groups is 1. The van der Waals surface area contributed by atoms with Gasteiger partial charge >= 0.3 is 0 Å². The third kappa shape index (κ3) is 3.39. The number of carbonyl (C=O) groups is 2. The van der Waals surface area contributed by atoms with Crippen LogP contribution in [0.3, 0.4) is 0 Å². The highest BCUT2D eigenvalue weighted by molar-refractivity contribution is 8.26. The molecule has 1 aliphatic rings. The van der Waals surface area contributed by atoms with Crippen LogP contribution in [0.5, 0.6) is 0 Å². The number of nitrogens with zero attached hydrogens (tertiary/aromatic N) is 1. The van der Waals surface area contributed by atoms with Gasteiger partial charge in [-0.15, -0.1) is 0 Å². The van der Waals surface area contributed by atoms with Crippen LogP contribution in [0.1, 0.15) is 21.5 Å². The highest BCUT2D eigenvalue weighted by Crippen LogP contribution is 2.31. The smallest absolute Gasteiger partial charge is 0.267 e. The maximum absolute atomic E-state index is 12.5. The number of thioether (sulfide) groups is 1. The Bertz CT molecular complexity index is 847. The van der Waals surface area contributed by atoms with Crippen molar-refractivity contribution in [1.29, 1.82) is 0 Å². The van der Waals surface area contributed by atoms with Crippen molar-refractivity contribution in [2.24, 2.45) is 0 Å². The summed E-state index contributed by atoms with van der Waals surface area (Å²) in [4.78, 5) is 25.4. The summed E-state index contributed by atoms with van der Waals surface area (Å²) >= 11 is 6.40. The average Bonchev–Trinajstić information content (AvgIpc) is 2.83. The molecule has 0 spiro atoms. The van der Waals surface area contributed by atoms with E-state index >= 15 is 0 Å². The number of rotatable bonds is 3. The van der Waals surface area contributed by atoms with Crippen LogP contribution < -0.4 is 5.43 Å². The molecule has 24 heavy (non-hydrogen) atoms. The highest BCUT2D eigenvalue weighted by Gasteiger charge is 2.33. The van der Waals surface area contributed by atoms with Crippen molar-refractivity contribution in [3.63, 3.8) is 0 Å². The molecule has 1 saturated heterocycles. The number of amides is 2. The van der Waals surface area contributed by atoms with Gasteiger partial charge < -0.3 is 0 Å². The summed E-state index contributed by atoms with van der Waals surface area (Å²) < 4.78 is 0.309. The first-order chi connectivity index (χ1) is 11.6. The molecule has 0 atom stereocenters. The molecule has 1 N–H and O–H groups in total. The molecular weight excluding hydrogens is 340 g/mol. The SMILES string of the molecule is Cc1ccccc1C(=O)NN1C(=O)/C(=C/c2ccccc2)SC1=S. The van der Waals surface area contributed by atoms with Gasteiger partial charge in [0.05, 0.1) is 4.91 Å². The minimum absolute atomic E-state index is 0.309. The van der Waals surface area contributed by atoms with E-state index in [0.29, 0.717) is 14.8 Å². The van der Waals surface area contributed by atoms with Crippen LogP contribution in [0.15, 0.2) is 59.5 Å². The molecule has 0 aliphatic carbocycles. The number of carbonyl (C=O) groups excluding carboxylic acids is 2. The standard InChI is InChI=1S/C18H14N2O2S2/c1-12-7-5-6-10-14(12)16(21)19-20-17(22)15(24-18(20)23)11-13-8-3-2-4-9-13/h2-11H,1H3,(H,19,21)/b15-11-. The highest BCUT2D eigenvalue weighted by atomic mass is 32.2. The van der Waals surface area contributed by atoms with Crippen molar-refractivity contribution in [3.05, 3.63) is 76.2 Å². The number of aryl methyl sites for hydroxylation is 1. The minimum atomic E-state index is -0.356. The van der Waals surface area contributed by atoms with E-state index in [4.69, 9.17) is 12.2 Å². The van der Waals surface area contributed by atoms with Gasteiger partial charge in [-0.2, -0.15) is 5.01 Å². The first-order valence-corrected chi connectivity index (χ1v) is 8.48. The Kier molecular flexibility index (Phi) is 4.78. The second-order valence-electron chi connectivity index (χ2n) is 5.18. The van der Waals surface area contributed by atoms with Gasteiger partial charge in [0.15, 0.2) is 4.32 Å². The van der Waals surface area contributed by atoms with E-state index in [2.05, 4.69) is 5.43 Å². The van der Waals surface area contributed by atoms with Crippen LogP contribution in [-0.4, -0.2) is 21.1 Å². The molecule has 4 nitrogen and oxygen atoms in total. The predicted molar refractivity (Wildman–Crippen MR) is 100 cm³/mol. The van der Waals surface area contributed by atoms with Gasteiger partial charge in [-0.1, -0.05) is 60.3 Å². The molecule has 1 fully saturated rings. The van der Waals surface area contributed by atoms with Crippen LogP contribution in [0.2, 0.25) is 0 Å². The molecule has 0 bridgehead atoms. The van der Waals surface area contributed by atoms with Crippen LogP contribution in [0, 0.1) is 6.92 Å². The molecule has 0 saturated carbocycles. The zero-order chi connectivity index (χ0) is 17.1. The van der Waals surface area contributed by atoms with E-state index in [1.165, 1.54) is 11.8 Å². The predicted octanol–water partition coefficient (Wildman–Crippen LogP) is 3.54. The first kappa shape index (κ1) is 16.4. The van der Waals surface area contributed by atoms with E-state index < -0.39 is 0 Å². The largest absolute Gasteiger partial charge is 0.285 e. The van der Waals surface area contributed by atoms with Crippen molar-refractivity contribution >= 4 is 46.2 Å². The second kappa shape index (κ2) is 6.98. The normalized spacial score (nSPS) is 15.9. The minimum Gasteiger partial charge on any atom is -0.267 e. The third-order valence-corrected chi connectivity index (χ3v) is 4.80. The summed E-state index contributed by atoms with van der Waals surface area (Å²) in [5.41, 5.74) is 4.85. The van der Waals surface area contributed by atoms with E-state index in [-0.39, 0.29) is 11.8 Å². The Morgan fingerprint density at radius 1 is 1.12 bits per heavy atom. The summed E-state index contributed by atoms with van der Waals surface area (Å²) in [5.74, 6) is -0.679. The van der Waals surface area contributed by atoms with Gasteiger partial charge in [-0.3, -0.25) is 15.0 Å². The molecule has 0 aromatic heterocycles. The number of hydrogen-bond acceptors (Lipinski definition) is 4. The fraction of sp³-hybridized carbons (Fsp3) is 0.0556. The lowest BCUT2D eigenvalue weighted by Crippen LogP contribution is -2.45. The van der Waals surface area contributed by atoms with Crippen LogP contribution in [0.25, 0.3) is 6.08 Å². The molecule has 0 radical (unpaired) electrons. The summed E-state index contributed by atoms with van der Waals surface area (Å²) in [6, 6.07) is 16.7. The molecule has 0 unspecified atom stereocenters. The van der Waals surface area contributed by atoms with Crippen LogP contribution in [-0.2, 0) is 4.79 Å². The van der Waals surface area contributed by atoms with Crippen molar-refractivity contribution in [1.82, 2.24) is 10.4 Å². The van der Waals surface area contributed by atoms with Crippen molar-refractivity contribution in [3.8, 4) is 0 Å². The van der Waals surface area contributed by atoms with Gasteiger partial charge in [0.1, 0.15) is 0 Å². The van der Waals surface area contributed by atoms with Crippen LogP contribution >= 0.6 is 24.0 Å². The van der Waals surface area contributed by atoms with Gasteiger partial charge in [0, 0.05) is 5.56 Å². The molecule has 3 rings (SSSR count). The van der Waals surface area contributed by atoms with Gasteiger partial charge in [0.2, 0.25) is 0 Å². The second-order valence-corrected chi connectivity index (χ2v) is 6.86. The molecule has 2 aromatic rings. The summed E-state index contributed by atoms with van der Waals surface area (Å²) in [6.07, 6.45) is 1.76. The fourth-order valence-corrected chi connectivity index (χ4v) is 3.43. The lowest BCUT2D eigenvalue weighted by atomic mass is 10.1. The third-order valence-electron chi connectivity index (χ3n) is 3.49. The monoisotopic (exact) mass is 354 g/mol. The summed E-state index contributed by atoms with van der Waals surface area (Å²) in [5, 5.41) is 1.13. The van der Waals surface area contributed by atoms with Gasteiger partial charge in [-0.25, -0.2) is 0 Å². The quantitative estimate of drug-likeness (QED) is 0.677. The number of thiocarbonyl (C=S) groups is 1. The molecule has 6 heteroatoms. The van der Waals surface area contributed by atoms with E-state index in [9.17, 15) is 9.59 Å². The Labute approximate surface area is 149 Å². The molecule has 1 aliphatic heterocycles. The fourth-order valence-electron chi connectivity index (χ4n) is 2.25. The summed E-state index contributed by atoms with van der Waals surface area (Å²) in [7, 11) is 0. The van der Waals surface area contributed by atoms with E-state index in [0.717, 1.165) is 16.1 Å². The van der Waals surface area contributed by atoms with Crippen LogP contribution in [0.4, 0.5) is 0 Å². The zero-order valence-corrected chi connectivity index (χ0v) is 14.5. The maximum atomic E-state index is 12.5. The molecule has 120 valence electrons. The first-order valence-electron chi connectivity index (χ1n) is 7.26. The Hall–Kier alpha value is -2.44. The Morgan fingerprint density at radius 3 is 2.50 bits per heavy atom. The van der Waals surface area contributed by atoms with Gasteiger partial charge in [-0.05, 0) is 42.4 Å². The molecule has 2 aromatic carbocycles. The average molecular weight is 354 g/mol. The topological polar surface area (TPSA) is 49.4 Å². The molecule has 2 amide bonds. The lowest BCUT2D eigenvalue weighted by Gasteiger charge is -2.16. The van der Waals surface area contributed by atoms with Crippen molar-refractivity contribution in [2.75, 3.05) is 0 Å². The Morgan fingerprint density at radius 2 is 1.79 bits per heavy atom. The van der Waals surface area contributed by atoms with Gasteiger partial charge in [0.25, 0.3) is 11.8 Å². The lowest BCUT2D eigenvalue weighted by molar-refractivity contribution is -0.123. The maximum Gasteiger partial charge on any atom is 0.285 e. The van der Waals surface area contributed by atoms with Crippen molar-refractivity contribution < 1.29 is 9.59 Å². The van der Waals surface area contributed by atoms with E-state index in [1.807, 2.05) is 49.4 Å². The Balaban J connectivity index is 1.79. The molecular formula is C18H14N2O2S2. The number of nitrogens with one attached hydrogen (secondary N) is 1. The number of hydrogen-bond donors (Lipinski definition) is 1.